The molecular formula is C23H25FN6O. The van der Waals surface area contributed by atoms with Crippen LogP contribution in [0.25, 0.3) is 5.57 Å². The largest absolute Gasteiger partial charge is 0.396 e. The van der Waals surface area contributed by atoms with Crippen molar-refractivity contribution in [2.24, 2.45) is 0 Å². The van der Waals surface area contributed by atoms with Crippen molar-refractivity contribution in [1.82, 2.24) is 19.8 Å². The maximum atomic E-state index is 13.0. The van der Waals surface area contributed by atoms with E-state index in [0.717, 1.165) is 23.4 Å². The Kier molecular flexibility index (Phi) is 6.68. The summed E-state index contributed by atoms with van der Waals surface area (Å²) in [4.78, 5) is 25.4. The van der Waals surface area contributed by atoms with Gasteiger partial charge >= 0.3 is 6.03 Å². The topological polar surface area (TPSA) is 87.4 Å². The number of nitrogen functional groups attached to an aromatic ring is 1. The van der Waals surface area contributed by atoms with Gasteiger partial charge in [0.1, 0.15) is 0 Å². The Morgan fingerprint density at radius 1 is 1.35 bits per heavy atom. The van der Waals surface area contributed by atoms with Gasteiger partial charge in [0.2, 0.25) is 0 Å². The predicted molar refractivity (Wildman–Crippen MR) is 120 cm³/mol. The van der Waals surface area contributed by atoms with Crippen molar-refractivity contribution >= 4 is 23.1 Å². The van der Waals surface area contributed by atoms with Crippen molar-refractivity contribution in [3.63, 3.8) is 0 Å². The van der Waals surface area contributed by atoms with Gasteiger partial charge in [-0.05, 0) is 62.5 Å². The van der Waals surface area contributed by atoms with Crippen molar-refractivity contribution in [3.8, 4) is 12.3 Å². The van der Waals surface area contributed by atoms with Gasteiger partial charge in [-0.3, -0.25) is 10.3 Å². The highest BCUT2D eigenvalue weighted by Gasteiger charge is 2.25. The number of allylic oxidation sites excluding steroid dienone is 4. The SMILES string of the molecule is C#C/C(=C\C=C(/C)F)c1ccc(N)c(NC(=O)N2Cc3cnc(CN(C)C)cc3C2)n1. The van der Waals surface area contributed by atoms with E-state index in [-0.39, 0.29) is 17.7 Å². The van der Waals surface area contributed by atoms with E-state index in [4.69, 9.17) is 12.2 Å². The molecule has 160 valence electrons. The van der Waals surface area contributed by atoms with Crippen LogP contribution in [-0.4, -0.2) is 39.9 Å². The number of terminal acetylenes is 1. The van der Waals surface area contributed by atoms with E-state index in [1.54, 1.807) is 17.0 Å². The summed E-state index contributed by atoms with van der Waals surface area (Å²) < 4.78 is 13.0. The maximum absolute atomic E-state index is 13.0. The van der Waals surface area contributed by atoms with Crippen molar-refractivity contribution < 1.29 is 9.18 Å². The van der Waals surface area contributed by atoms with Gasteiger partial charge in [-0.25, -0.2) is 14.2 Å². The third kappa shape index (κ3) is 5.47. The second-order valence-corrected chi connectivity index (χ2v) is 7.58. The molecule has 7 nitrogen and oxygen atoms in total. The maximum Gasteiger partial charge on any atom is 0.323 e. The second-order valence-electron chi connectivity index (χ2n) is 7.58. The minimum absolute atomic E-state index is 0.201. The van der Waals surface area contributed by atoms with Crippen LogP contribution in [0, 0.1) is 12.3 Å². The summed E-state index contributed by atoms with van der Waals surface area (Å²) in [7, 11) is 3.96. The number of nitrogens with zero attached hydrogens (tertiary/aromatic N) is 4. The molecule has 0 saturated heterocycles. The zero-order chi connectivity index (χ0) is 22.5. The summed E-state index contributed by atoms with van der Waals surface area (Å²) in [5, 5.41) is 2.75. The van der Waals surface area contributed by atoms with E-state index < -0.39 is 0 Å². The summed E-state index contributed by atoms with van der Waals surface area (Å²) in [5.74, 6) is 2.29. The molecule has 31 heavy (non-hydrogen) atoms. The lowest BCUT2D eigenvalue weighted by atomic mass is 10.1. The number of fused-ring (bicyclic) bond motifs is 1. The normalized spacial score (nSPS) is 13.9. The first-order valence-electron chi connectivity index (χ1n) is 9.71. The van der Waals surface area contributed by atoms with Gasteiger partial charge in [0.25, 0.3) is 0 Å². The van der Waals surface area contributed by atoms with Crippen LogP contribution in [0.4, 0.5) is 20.7 Å². The Balaban J connectivity index is 1.75. The first kappa shape index (κ1) is 22.0. The number of carbonyl (C=O) groups excluding carboxylic acids is 1. The molecule has 2 aromatic rings. The Labute approximate surface area is 181 Å². The average Bonchev–Trinajstić information content (AvgIpc) is 3.13. The Bertz CT molecular complexity index is 1100. The summed E-state index contributed by atoms with van der Waals surface area (Å²) in [6.07, 6.45) is 10.1. The van der Waals surface area contributed by atoms with Gasteiger partial charge in [0.05, 0.1) is 28.5 Å². The van der Waals surface area contributed by atoms with Crippen LogP contribution >= 0.6 is 0 Å². The molecule has 0 bridgehead atoms. The molecule has 0 saturated carbocycles. The summed E-state index contributed by atoms with van der Waals surface area (Å²) >= 11 is 0. The van der Waals surface area contributed by atoms with Crippen LogP contribution in [0.15, 0.2) is 42.4 Å². The molecular weight excluding hydrogens is 395 g/mol. The van der Waals surface area contributed by atoms with Crippen LogP contribution in [0.5, 0.6) is 0 Å². The number of nitrogens with two attached hydrogens (primary N) is 1. The van der Waals surface area contributed by atoms with Crippen LogP contribution in [0.1, 0.15) is 29.4 Å². The number of nitrogens with one attached hydrogen (secondary N) is 1. The lowest BCUT2D eigenvalue weighted by Crippen LogP contribution is -2.31. The molecule has 0 spiro atoms. The van der Waals surface area contributed by atoms with E-state index in [1.165, 1.54) is 19.1 Å². The molecule has 3 N–H and O–H groups in total. The molecule has 0 radical (unpaired) electrons. The summed E-state index contributed by atoms with van der Waals surface area (Å²) in [5.41, 5.74) is 10.1. The first-order valence-corrected chi connectivity index (χ1v) is 9.71. The minimum Gasteiger partial charge on any atom is -0.396 e. The standard InChI is InChI=1S/C23H25FN6O/c1-5-16(7-6-15(2)24)21-9-8-20(25)22(27-21)28-23(31)30-12-17-10-19(14-29(3)4)26-11-18(17)13-30/h1,6-11H,12-14,25H2,2-4H3,(H,27,28,31)/b15-6+,16-7+. The number of hydrogen-bond donors (Lipinski definition) is 2. The summed E-state index contributed by atoms with van der Waals surface area (Å²) in [6, 6.07) is 4.93. The predicted octanol–water partition coefficient (Wildman–Crippen LogP) is 3.56. The molecule has 2 amide bonds. The van der Waals surface area contributed by atoms with Crippen LogP contribution in [0.3, 0.4) is 0 Å². The molecule has 0 aliphatic carbocycles. The number of anilines is 2. The van der Waals surface area contributed by atoms with Crippen molar-refractivity contribution in [2.75, 3.05) is 25.1 Å². The number of carbonyl (C=O) groups is 1. The molecule has 0 atom stereocenters. The van der Waals surface area contributed by atoms with Crippen LogP contribution < -0.4 is 11.1 Å². The lowest BCUT2D eigenvalue weighted by molar-refractivity contribution is 0.212. The highest BCUT2D eigenvalue weighted by molar-refractivity contribution is 5.92. The second kappa shape index (κ2) is 9.41. The van der Waals surface area contributed by atoms with E-state index in [0.29, 0.717) is 30.0 Å². The van der Waals surface area contributed by atoms with Crippen molar-refractivity contribution in [1.29, 1.82) is 0 Å². The Morgan fingerprint density at radius 3 is 2.77 bits per heavy atom. The molecule has 8 heteroatoms. The number of amides is 2. The van der Waals surface area contributed by atoms with E-state index >= 15 is 0 Å². The zero-order valence-corrected chi connectivity index (χ0v) is 17.8. The average molecular weight is 420 g/mol. The highest BCUT2D eigenvalue weighted by Crippen LogP contribution is 2.25. The van der Waals surface area contributed by atoms with Gasteiger partial charge in [0, 0.05) is 25.8 Å². The molecule has 0 unspecified atom stereocenters. The fourth-order valence-corrected chi connectivity index (χ4v) is 3.19. The lowest BCUT2D eigenvalue weighted by Gasteiger charge is -2.17. The van der Waals surface area contributed by atoms with Crippen LogP contribution in [-0.2, 0) is 19.6 Å². The number of halogens is 1. The fraction of sp³-hybridized carbons (Fsp3) is 0.261. The van der Waals surface area contributed by atoms with Gasteiger partial charge < -0.3 is 15.5 Å². The molecule has 0 fully saturated rings. The molecule has 1 aliphatic rings. The number of rotatable bonds is 5. The van der Waals surface area contributed by atoms with Crippen LogP contribution in [0.2, 0.25) is 0 Å². The van der Waals surface area contributed by atoms with Crippen molar-refractivity contribution in [3.05, 3.63) is 64.9 Å². The van der Waals surface area contributed by atoms with E-state index in [9.17, 15) is 9.18 Å². The summed E-state index contributed by atoms with van der Waals surface area (Å²) in [6.45, 7) is 2.97. The van der Waals surface area contributed by atoms with Crippen molar-refractivity contribution in [2.45, 2.75) is 26.6 Å². The zero-order valence-electron chi connectivity index (χ0n) is 17.8. The van der Waals surface area contributed by atoms with Gasteiger partial charge in [-0.15, -0.1) is 6.42 Å². The van der Waals surface area contributed by atoms with Gasteiger partial charge in [0.15, 0.2) is 5.82 Å². The van der Waals surface area contributed by atoms with E-state index in [2.05, 4.69) is 21.2 Å². The minimum atomic E-state index is -0.381. The molecule has 0 aromatic carbocycles. The quantitative estimate of drug-likeness (QED) is 0.571. The number of hydrogen-bond acceptors (Lipinski definition) is 5. The third-order valence-electron chi connectivity index (χ3n) is 4.69. The Hall–Kier alpha value is -3.70. The number of pyridine rings is 2. The Morgan fingerprint density at radius 2 is 2.10 bits per heavy atom. The monoisotopic (exact) mass is 420 g/mol. The number of urea groups is 1. The first-order chi connectivity index (χ1) is 14.8. The third-order valence-corrected chi connectivity index (χ3v) is 4.69. The van der Waals surface area contributed by atoms with Gasteiger partial charge in [-0.2, -0.15) is 0 Å². The fourth-order valence-electron chi connectivity index (χ4n) is 3.19. The smallest absolute Gasteiger partial charge is 0.323 e. The van der Waals surface area contributed by atoms with E-state index in [1.807, 2.05) is 31.3 Å². The molecule has 3 heterocycles. The molecule has 3 rings (SSSR count). The van der Waals surface area contributed by atoms with Gasteiger partial charge in [-0.1, -0.05) is 5.92 Å². The highest BCUT2D eigenvalue weighted by atomic mass is 19.1. The molecule has 2 aromatic heterocycles. The molecule has 1 aliphatic heterocycles. The number of aromatic nitrogens is 2.